The third-order valence-electron chi connectivity index (χ3n) is 3.67. The molecule has 0 aliphatic carbocycles. The molecule has 0 radical (unpaired) electrons. The minimum atomic E-state index is -0.230. The molecule has 2 heterocycles. The molecule has 8 heteroatoms. The minimum absolute atomic E-state index is 0.230. The number of anilines is 1. The lowest BCUT2D eigenvalue weighted by Crippen LogP contribution is -2.11. The molecule has 1 N–H and O–H groups in total. The van der Waals surface area contributed by atoms with Crippen LogP contribution in [-0.4, -0.2) is 26.2 Å². The molecule has 4 rings (SSSR count). The molecule has 0 fully saturated rings. The van der Waals surface area contributed by atoms with Gasteiger partial charge in [0.25, 0.3) is 5.91 Å². The summed E-state index contributed by atoms with van der Waals surface area (Å²) in [6.07, 6.45) is 1.26. The normalized spacial score (nSPS) is 10.7. The quantitative estimate of drug-likeness (QED) is 0.603. The molecule has 128 valence electrons. The van der Waals surface area contributed by atoms with Crippen LogP contribution in [0.25, 0.3) is 22.8 Å². The van der Waals surface area contributed by atoms with E-state index in [1.807, 2.05) is 12.1 Å². The number of aryl methyl sites for hydroxylation is 1. The van der Waals surface area contributed by atoms with Crippen LogP contribution in [0.4, 0.5) is 5.69 Å². The lowest BCUT2D eigenvalue weighted by atomic mass is 10.1. The largest absolute Gasteiger partial charge is 0.342 e. The van der Waals surface area contributed by atoms with E-state index in [1.165, 1.54) is 6.39 Å². The summed E-state index contributed by atoms with van der Waals surface area (Å²) in [5, 5.41) is 10.5. The average molecular weight is 347 g/mol. The Hall–Kier alpha value is -3.81. The van der Waals surface area contributed by atoms with Crippen molar-refractivity contribution < 1.29 is 13.8 Å². The first kappa shape index (κ1) is 15.7. The molecule has 0 saturated heterocycles. The highest BCUT2D eigenvalue weighted by Gasteiger charge is 2.10. The first-order valence-corrected chi connectivity index (χ1v) is 7.78. The average Bonchev–Trinajstić information content (AvgIpc) is 3.34. The van der Waals surface area contributed by atoms with Crippen LogP contribution in [0, 0.1) is 6.92 Å². The summed E-state index contributed by atoms with van der Waals surface area (Å²) in [5.74, 6) is 1.20. The van der Waals surface area contributed by atoms with Gasteiger partial charge in [-0.2, -0.15) is 9.97 Å². The van der Waals surface area contributed by atoms with E-state index in [1.54, 1.807) is 43.3 Å². The van der Waals surface area contributed by atoms with Crippen LogP contribution in [0.15, 0.2) is 64.0 Å². The summed E-state index contributed by atoms with van der Waals surface area (Å²) in [4.78, 5) is 20.6. The summed E-state index contributed by atoms with van der Waals surface area (Å²) in [5.41, 5.74) is 2.67. The van der Waals surface area contributed by atoms with Gasteiger partial charge in [-0.1, -0.05) is 34.6 Å². The van der Waals surface area contributed by atoms with Crippen LogP contribution in [0.2, 0.25) is 0 Å². The van der Waals surface area contributed by atoms with Gasteiger partial charge in [-0.05, 0) is 24.3 Å². The fourth-order valence-corrected chi connectivity index (χ4v) is 2.42. The van der Waals surface area contributed by atoms with Crippen molar-refractivity contribution in [2.45, 2.75) is 6.92 Å². The van der Waals surface area contributed by atoms with Crippen molar-refractivity contribution >= 4 is 11.6 Å². The lowest BCUT2D eigenvalue weighted by molar-refractivity contribution is 0.102. The van der Waals surface area contributed by atoms with Gasteiger partial charge in [0.2, 0.25) is 23.9 Å². The number of carbonyl (C=O) groups excluding carboxylic acids is 1. The number of hydrogen-bond donors (Lipinski definition) is 1. The summed E-state index contributed by atoms with van der Waals surface area (Å²) in [7, 11) is 0. The molecule has 2 aromatic heterocycles. The van der Waals surface area contributed by atoms with E-state index in [-0.39, 0.29) is 5.91 Å². The molecule has 0 bridgehead atoms. The lowest BCUT2D eigenvalue weighted by Gasteiger charge is -2.06. The van der Waals surface area contributed by atoms with Crippen LogP contribution in [0.3, 0.4) is 0 Å². The smallest absolute Gasteiger partial charge is 0.255 e. The molecular formula is C18H13N5O3. The maximum Gasteiger partial charge on any atom is 0.255 e. The van der Waals surface area contributed by atoms with Gasteiger partial charge in [0.15, 0.2) is 0 Å². The van der Waals surface area contributed by atoms with E-state index in [9.17, 15) is 4.79 Å². The molecule has 0 saturated carbocycles. The van der Waals surface area contributed by atoms with Gasteiger partial charge in [-0.3, -0.25) is 4.79 Å². The van der Waals surface area contributed by atoms with E-state index < -0.39 is 0 Å². The van der Waals surface area contributed by atoms with Crippen molar-refractivity contribution in [2.24, 2.45) is 0 Å². The number of nitrogens with one attached hydrogen (secondary N) is 1. The van der Waals surface area contributed by atoms with Crippen molar-refractivity contribution in [3.63, 3.8) is 0 Å². The summed E-state index contributed by atoms with van der Waals surface area (Å²) in [6.45, 7) is 1.72. The van der Waals surface area contributed by atoms with Crippen molar-refractivity contribution in [3.05, 3.63) is 66.4 Å². The van der Waals surface area contributed by atoms with Gasteiger partial charge in [-0.25, -0.2) is 0 Å². The number of nitrogens with zero attached hydrogens (tertiary/aromatic N) is 4. The summed E-state index contributed by atoms with van der Waals surface area (Å²) < 4.78 is 9.70. The zero-order chi connectivity index (χ0) is 17.9. The minimum Gasteiger partial charge on any atom is -0.342 e. The molecule has 8 nitrogen and oxygen atoms in total. The Morgan fingerprint density at radius 2 is 1.85 bits per heavy atom. The maximum atomic E-state index is 12.5. The Labute approximate surface area is 147 Å². The second-order valence-electron chi connectivity index (χ2n) is 5.50. The SMILES string of the molecule is Cc1nc(-c2cccc(NC(=O)c3ccc(-c4ncon4)cc3)c2)no1. The molecule has 1 amide bonds. The highest BCUT2D eigenvalue weighted by Crippen LogP contribution is 2.21. The molecule has 0 aliphatic heterocycles. The standard InChI is InChI=1S/C18H13N5O3/c1-11-20-17(23-26-11)14-3-2-4-15(9-14)21-18(24)13-7-5-12(6-8-13)16-19-10-25-22-16/h2-10H,1H3,(H,21,24). The van der Waals surface area contributed by atoms with Crippen molar-refractivity contribution in [3.8, 4) is 22.8 Å². The zero-order valence-corrected chi connectivity index (χ0v) is 13.7. The second kappa shape index (κ2) is 6.60. The number of rotatable bonds is 4. The third-order valence-corrected chi connectivity index (χ3v) is 3.67. The Morgan fingerprint density at radius 1 is 1.00 bits per heavy atom. The van der Waals surface area contributed by atoms with Gasteiger partial charge < -0.3 is 14.4 Å². The number of amides is 1. The Balaban J connectivity index is 1.51. The molecule has 0 atom stereocenters. The number of aromatic nitrogens is 4. The first-order chi connectivity index (χ1) is 12.7. The van der Waals surface area contributed by atoms with E-state index in [2.05, 4.69) is 25.6 Å². The van der Waals surface area contributed by atoms with E-state index >= 15 is 0 Å². The number of benzene rings is 2. The molecular weight excluding hydrogens is 334 g/mol. The Morgan fingerprint density at radius 3 is 2.54 bits per heavy atom. The fourth-order valence-electron chi connectivity index (χ4n) is 2.42. The molecule has 0 unspecified atom stereocenters. The monoisotopic (exact) mass is 347 g/mol. The predicted molar refractivity (Wildman–Crippen MR) is 92.2 cm³/mol. The van der Waals surface area contributed by atoms with Crippen molar-refractivity contribution in [2.75, 3.05) is 5.32 Å². The van der Waals surface area contributed by atoms with Gasteiger partial charge in [-0.15, -0.1) is 0 Å². The van der Waals surface area contributed by atoms with E-state index in [4.69, 9.17) is 9.05 Å². The second-order valence-corrected chi connectivity index (χ2v) is 5.50. The van der Waals surface area contributed by atoms with Crippen LogP contribution in [0.1, 0.15) is 16.2 Å². The zero-order valence-electron chi connectivity index (χ0n) is 13.7. The Kier molecular flexibility index (Phi) is 3.98. The van der Waals surface area contributed by atoms with Crippen molar-refractivity contribution in [1.82, 2.24) is 20.3 Å². The van der Waals surface area contributed by atoms with Gasteiger partial charge in [0.05, 0.1) is 0 Å². The molecule has 2 aromatic carbocycles. The van der Waals surface area contributed by atoms with Crippen LogP contribution in [0.5, 0.6) is 0 Å². The Bertz CT molecular complexity index is 1040. The molecule has 0 spiro atoms. The van der Waals surface area contributed by atoms with Crippen LogP contribution in [-0.2, 0) is 0 Å². The molecule has 4 aromatic rings. The van der Waals surface area contributed by atoms with Crippen LogP contribution >= 0.6 is 0 Å². The predicted octanol–water partition coefficient (Wildman–Crippen LogP) is 3.35. The van der Waals surface area contributed by atoms with Gasteiger partial charge >= 0.3 is 0 Å². The molecule has 26 heavy (non-hydrogen) atoms. The summed E-state index contributed by atoms with van der Waals surface area (Å²) in [6, 6.07) is 14.2. The van der Waals surface area contributed by atoms with Gasteiger partial charge in [0.1, 0.15) is 0 Å². The highest BCUT2D eigenvalue weighted by atomic mass is 16.5. The van der Waals surface area contributed by atoms with E-state index in [0.29, 0.717) is 28.8 Å². The number of hydrogen-bond acceptors (Lipinski definition) is 7. The maximum absolute atomic E-state index is 12.5. The fraction of sp³-hybridized carbons (Fsp3) is 0.0556. The van der Waals surface area contributed by atoms with Crippen molar-refractivity contribution in [1.29, 1.82) is 0 Å². The molecule has 0 aliphatic rings. The van der Waals surface area contributed by atoms with E-state index in [0.717, 1.165) is 11.1 Å². The van der Waals surface area contributed by atoms with Crippen LogP contribution < -0.4 is 5.32 Å². The highest BCUT2D eigenvalue weighted by molar-refractivity contribution is 6.04. The first-order valence-electron chi connectivity index (χ1n) is 7.78. The topological polar surface area (TPSA) is 107 Å². The number of carbonyl (C=O) groups is 1. The summed E-state index contributed by atoms with van der Waals surface area (Å²) >= 11 is 0. The third kappa shape index (κ3) is 3.20. The van der Waals surface area contributed by atoms with Gasteiger partial charge in [0, 0.05) is 29.3 Å².